The molecule has 0 unspecified atom stereocenters. The zero-order valence-corrected chi connectivity index (χ0v) is 23.1. The molecule has 0 heterocycles. The van der Waals surface area contributed by atoms with Crippen molar-refractivity contribution >= 4 is 5.97 Å². The van der Waals surface area contributed by atoms with E-state index in [0.717, 1.165) is 13.0 Å². The van der Waals surface area contributed by atoms with Crippen molar-refractivity contribution in [3.05, 3.63) is 0 Å². The molecule has 0 aliphatic rings. The Morgan fingerprint density at radius 3 is 1.14 bits per heavy atom. The summed E-state index contributed by atoms with van der Waals surface area (Å²) in [5.41, 5.74) is 0. The first kappa shape index (κ1) is 35.2. The van der Waals surface area contributed by atoms with E-state index in [-0.39, 0.29) is 12.4 Å². The molecule has 9 heteroatoms. The Kier molecular flexibility index (Phi) is 31.5. The Morgan fingerprint density at radius 2 is 0.750 bits per heavy atom. The molecule has 0 aromatic rings. The second-order valence-corrected chi connectivity index (χ2v) is 8.32. The molecule has 0 aliphatic carbocycles. The van der Waals surface area contributed by atoms with Gasteiger partial charge in [0, 0.05) is 6.61 Å². The summed E-state index contributed by atoms with van der Waals surface area (Å²) in [5.74, 6) is -0.241. The molecule has 0 atom stereocenters. The zero-order valence-electron chi connectivity index (χ0n) is 23.1. The SMILES string of the molecule is CCCCCCCCCCOCCOCCOCCOCCOCCOCCOCCC(=O)OCC. The number of rotatable bonds is 31. The maximum Gasteiger partial charge on any atom is 0.308 e. The van der Waals surface area contributed by atoms with E-state index in [1.807, 2.05) is 0 Å². The van der Waals surface area contributed by atoms with E-state index >= 15 is 0 Å². The van der Waals surface area contributed by atoms with Crippen molar-refractivity contribution in [3.8, 4) is 0 Å². The first-order chi connectivity index (χ1) is 17.8. The van der Waals surface area contributed by atoms with Crippen molar-refractivity contribution in [1.82, 2.24) is 0 Å². The molecule has 0 rings (SSSR count). The van der Waals surface area contributed by atoms with E-state index in [9.17, 15) is 4.79 Å². The fourth-order valence-electron chi connectivity index (χ4n) is 3.15. The minimum Gasteiger partial charge on any atom is -0.466 e. The van der Waals surface area contributed by atoms with Gasteiger partial charge in [-0.3, -0.25) is 4.79 Å². The van der Waals surface area contributed by atoms with Crippen molar-refractivity contribution in [2.75, 3.05) is 99.1 Å². The van der Waals surface area contributed by atoms with E-state index in [0.29, 0.717) is 92.5 Å². The van der Waals surface area contributed by atoms with E-state index in [1.54, 1.807) is 6.92 Å². The highest BCUT2D eigenvalue weighted by atomic mass is 16.6. The van der Waals surface area contributed by atoms with Gasteiger partial charge >= 0.3 is 5.97 Å². The van der Waals surface area contributed by atoms with Crippen molar-refractivity contribution in [3.63, 3.8) is 0 Å². The van der Waals surface area contributed by atoms with Crippen molar-refractivity contribution in [1.29, 1.82) is 0 Å². The minimum atomic E-state index is -0.241. The molecule has 9 nitrogen and oxygen atoms in total. The third kappa shape index (κ3) is 31.2. The Bertz CT molecular complexity index is 424. The van der Waals surface area contributed by atoms with Crippen LogP contribution in [0.5, 0.6) is 0 Å². The average Bonchev–Trinajstić information content (AvgIpc) is 2.88. The standard InChI is InChI=1S/C27H54O9/c1-3-5-6-7-8-9-10-11-13-29-15-17-31-19-21-33-23-25-35-26-24-34-22-20-32-18-16-30-14-12-27(28)36-4-2/h3-26H2,1-2H3. The number of ether oxygens (including phenoxy) is 8. The van der Waals surface area contributed by atoms with Gasteiger partial charge < -0.3 is 37.9 Å². The summed E-state index contributed by atoms with van der Waals surface area (Å²) in [6.07, 6.45) is 10.8. The van der Waals surface area contributed by atoms with E-state index in [4.69, 9.17) is 37.9 Å². The van der Waals surface area contributed by atoms with Crippen molar-refractivity contribution in [2.24, 2.45) is 0 Å². The van der Waals surface area contributed by atoms with E-state index in [2.05, 4.69) is 6.92 Å². The highest BCUT2D eigenvalue weighted by Gasteiger charge is 2.00. The van der Waals surface area contributed by atoms with Crippen LogP contribution in [0.3, 0.4) is 0 Å². The monoisotopic (exact) mass is 522 g/mol. The largest absolute Gasteiger partial charge is 0.466 e. The van der Waals surface area contributed by atoms with Gasteiger partial charge in [-0.1, -0.05) is 51.9 Å². The summed E-state index contributed by atoms with van der Waals surface area (Å²) < 4.78 is 43.0. The number of hydrogen-bond donors (Lipinski definition) is 0. The molecule has 0 bridgehead atoms. The normalized spacial score (nSPS) is 11.3. The van der Waals surface area contributed by atoms with Gasteiger partial charge in [-0.25, -0.2) is 0 Å². The topological polar surface area (TPSA) is 90.9 Å². The molecule has 0 N–H and O–H groups in total. The van der Waals surface area contributed by atoms with Crippen LogP contribution in [0.15, 0.2) is 0 Å². The molecule has 0 spiro atoms. The summed E-state index contributed by atoms with van der Waals surface area (Å²) in [7, 11) is 0. The van der Waals surface area contributed by atoms with Crippen LogP contribution in [0, 0.1) is 0 Å². The third-order valence-corrected chi connectivity index (χ3v) is 5.13. The van der Waals surface area contributed by atoms with Gasteiger partial charge in [-0.05, 0) is 13.3 Å². The fraction of sp³-hybridized carbons (Fsp3) is 0.963. The summed E-state index contributed by atoms with van der Waals surface area (Å²) in [4.78, 5) is 11.1. The third-order valence-electron chi connectivity index (χ3n) is 5.13. The number of unbranched alkanes of at least 4 members (excludes halogenated alkanes) is 7. The van der Waals surface area contributed by atoms with Crippen LogP contribution in [0.4, 0.5) is 0 Å². The van der Waals surface area contributed by atoms with Gasteiger partial charge in [0.25, 0.3) is 0 Å². The van der Waals surface area contributed by atoms with Crippen LogP contribution in [0.1, 0.15) is 71.6 Å². The second kappa shape index (κ2) is 32.2. The van der Waals surface area contributed by atoms with Gasteiger partial charge in [0.05, 0.1) is 98.9 Å². The van der Waals surface area contributed by atoms with Gasteiger partial charge in [0.15, 0.2) is 0 Å². The molecular formula is C27H54O9. The molecule has 0 aromatic heterocycles. The fourth-order valence-corrected chi connectivity index (χ4v) is 3.15. The lowest BCUT2D eigenvalue weighted by atomic mass is 10.1. The molecule has 0 saturated heterocycles. The van der Waals surface area contributed by atoms with Crippen LogP contribution in [-0.2, 0) is 42.7 Å². The highest BCUT2D eigenvalue weighted by Crippen LogP contribution is 2.08. The van der Waals surface area contributed by atoms with Gasteiger partial charge in [0.2, 0.25) is 0 Å². The first-order valence-electron chi connectivity index (χ1n) is 14.0. The molecule has 0 amide bonds. The molecule has 0 aromatic carbocycles. The zero-order chi connectivity index (χ0) is 26.2. The minimum absolute atomic E-state index is 0.241. The summed E-state index contributed by atoms with van der Waals surface area (Å²) in [6, 6.07) is 0. The first-order valence-corrected chi connectivity index (χ1v) is 14.0. The molecule has 36 heavy (non-hydrogen) atoms. The Labute approximate surface area is 219 Å². The van der Waals surface area contributed by atoms with Crippen molar-refractivity contribution < 1.29 is 42.7 Å². The van der Waals surface area contributed by atoms with Crippen LogP contribution in [0.25, 0.3) is 0 Å². The average molecular weight is 523 g/mol. The highest BCUT2D eigenvalue weighted by molar-refractivity contribution is 5.69. The van der Waals surface area contributed by atoms with Crippen LogP contribution in [0.2, 0.25) is 0 Å². The molecule has 0 radical (unpaired) electrons. The Balaban J connectivity index is 3.04. The lowest BCUT2D eigenvalue weighted by molar-refractivity contribution is -0.144. The van der Waals surface area contributed by atoms with E-state index in [1.165, 1.54) is 44.9 Å². The number of esters is 1. The summed E-state index contributed by atoms with van der Waals surface area (Å²) in [6.45, 7) is 12.0. The van der Waals surface area contributed by atoms with Crippen molar-refractivity contribution in [2.45, 2.75) is 71.6 Å². The van der Waals surface area contributed by atoms with Gasteiger partial charge in [-0.2, -0.15) is 0 Å². The van der Waals surface area contributed by atoms with E-state index < -0.39 is 0 Å². The smallest absolute Gasteiger partial charge is 0.308 e. The molecular weight excluding hydrogens is 468 g/mol. The van der Waals surface area contributed by atoms with Gasteiger partial charge in [0.1, 0.15) is 0 Å². The maximum atomic E-state index is 11.1. The molecule has 0 fully saturated rings. The maximum absolute atomic E-state index is 11.1. The summed E-state index contributed by atoms with van der Waals surface area (Å²) in [5, 5.41) is 0. The summed E-state index contributed by atoms with van der Waals surface area (Å²) >= 11 is 0. The quantitative estimate of drug-likeness (QED) is 0.0981. The number of hydrogen-bond acceptors (Lipinski definition) is 9. The molecule has 216 valence electrons. The van der Waals surface area contributed by atoms with Crippen LogP contribution in [-0.4, -0.2) is 105 Å². The Morgan fingerprint density at radius 1 is 0.417 bits per heavy atom. The predicted octanol–water partition coefficient (Wildman–Crippen LogP) is 4.20. The van der Waals surface area contributed by atoms with Gasteiger partial charge in [-0.15, -0.1) is 0 Å². The lowest BCUT2D eigenvalue weighted by Gasteiger charge is -2.08. The molecule has 0 aliphatic heterocycles. The molecule has 0 saturated carbocycles. The second-order valence-electron chi connectivity index (χ2n) is 8.32. The number of carbonyl (C=O) groups excluding carboxylic acids is 1. The predicted molar refractivity (Wildman–Crippen MR) is 140 cm³/mol. The Hall–Kier alpha value is -0.810. The number of carbonyl (C=O) groups is 1. The lowest BCUT2D eigenvalue weighted by Crippen LogP contribution is -2.15. The van der Waals surface area contributed by atoms with Crippen LogP contribution < -0.4 is 0 Å². The van der Waals surface area contributed by atoms with Crippen LogP contribution >= 0.6 is 0 Å².